The summed E-state index contributed by atoms with van der Waals surface area (Å²) in [5, 5.41) is 2.29. The van der Waals surface area contributed by atoms with Crippen LogP contribution in [0.1, 0.15) is 31.2 Å². The van der Waals surface area contributed by atoms with Gasteiger partial charge in [-0.3, -0.25) is 4.79 Å². The number of hydrogen-bond acceptors (Lipinski definition) is 4. The number of sulfone groups is 1. The maximum absolute atomic E-state index is 12.2. The van der Waals surface area contributed by atoms with E-state index in [0.717, 1.165) is 24.2 Å². The SMILES string of the molecule is Cc1cccc(Oc2ccc(NC(=O)CS(=O)(=O)C3CCCC3)cc2)c1. The molecule has 0 saturated heterocycles. The second-order valence-corrected chi connectivity index (χ2v) is 8.99. The van der Waals surface area contributed by atoms with E-state index in [2.05, 4.69) is 5.32 Å². The predicted octanol–water partition coefficient (Wildman–Crippen LogP) is 4.08. The number of amides is 1. The van der Waals surface area contributed by atoms with Crippen LogP contribution in [0.25, 0.3) is 0 Å². The highest BCUT2D eigenvalue weighted by molar-refractivity contribution is 7.92. The number of carbonyl (C=O) groups excluding carboxylic acids is 1. The molecular formula is C20H23NO4S. The Kier molecular flexibility index (Phi) is 5.61. The third kappa shape index (κ3) is 4.85. The Morgan fingerprint density at radius 2 is 1.77 bits per heavy atom. The molecule has 1 aliphatic rings. The van der Waals surface area contributed by atoms with Crippen molar-refractivity contribution in [1.29, 1.82) is 0 Å². The van der Waals surface area contributed by atoms with Gasteiger partial charge < -0.3 is 10.1 Å². The maximum atomic E-state index is 12.2. The largest absolute Gasteiger partial charge is 0.457 e. The molecule has 0 heterocycles. The minimum atomic E-state index is -3.37. The van der Waals surface area contributed by atoms with E-state index in [1.165, 1.54) is 0 Å². The first-order valence-corrected chi connectivity index (χ1v) is 10.5. The minimum absolute atomic E-state index is 0.363. The lowest BCUT2D eigenvalue weighted by molar-refractivity contribution is -0.113. The summed E-state index contributed by atoms with van der Waals surface area (Å²) in [5.74, 6) is 0.431. The molecule has 0 atom stereocenters. The number of anilines is 1. The molecule has 1 fully saturated rings. The minimum Gasteiger partial charge on any atom is -0.457 e. The van der Waals surface area contributed by atoms with Crippen LogP contribution in [0.15, 0.2) is 48.5 Å². The molecule has 26 heavy (non-hydrogen) atoms. The van der Waals surface area contributed by atoms with E-state index in [-0.39, 0.29) is 5.25 Å². The summed E-state index contributed by atoms with van der Waals surface area (Å²) in [6.45, 7) is 1.99. The van der Waals surface area contributed by atoms with Crippen molar-refractivity contribution < 1.29 is 17.9 Å². The van der Waals surface area contributed by atoms with Crippen molar-refractivity contribution in [3.63, 3.8) is 0 Å². The van der Waals surface area contributed by atoms with Gasteiger partial charge in [-0.05, 0) is 61.7 Å². The molecule has 0 radical (unpaired) electrons. The van der Waals surface area contributed by atoms with Crippen molar-refractivity contribution in [2.45, 2.75) is 37.9 Å². The van der Waals surface area contributed by atoms with Gasteiger partial charge in [0.05, 0.1) is 5.25 Å². The Morgan fingerprint density at radius 1 is 1.08 bits per heavy atom. The van der Waals surface area contributed by atoms with Gasteiger partial charge in [0.15, 0.2) is 9.84 Å². The van der Waals surface area contributed by atoms with Crippen LogP contribution >= 0.6 is 0 Å². The van der Waals surface area contributed by atoms with Gasteiger partial charge in [-0.2, -0.15) is 0 Å². The van der Waals surface area contributed by atoms with Crippen LogP contribution in [0, 0.1) is 6.92 Å². The number of hydrogen-bond donors (Lipinski definition) is 1. The molecule has 1 amide bonds. The molecule has 5 nitrogen and oxygen atoms in total. The van der Waals surface area contributed by atoms with E-state index in [1.807, 2.05) is 31.2 Å². The molecule has 0 spiro atoms. The third-order valence-corrected chi connectivity index (χ3v) is 6.66. The summed E-state index contributed by atoms with van der Waals surface area (Å²) in [6, 6.07) is 14.6. The first-order valence-electron chi connectivity index (χ1n) is 8.78. The Morgan fingerprint density at radius 3 is 2.42 bits per heavy atom. The predicted molar refractivity (Wildman–Crippen MR) is 102 cm³/mol. The van der Waals surface area contributed by atoms with Crippen molar-refractivity contribution in [2.75, 3.05) is 11.1 Å². The van der Waals surface area contributed by atoms with Gasteiger partial charge in [0.1, 0.15) is 17.3 Å². The number of benzene rings is 2. The fourth-order valence-electron chi connectivity index (χ4n) is 3.17. The molecule has 6 heteroatoms. The Bertz CT molecular complexity index is 869. The molecule has 1 N–H and O–H groups in total. The normalized spacial score (nSPS) is 15.0. The summed E-state index contributed by atoms with van der Waals surface area (Å²) >= 11 is 0. The second kappa shape index (κ2) is 7.91. The topological polar surface area (TPSA) is 72.5 Å². The third-order valence-electron chi connectivity index (χ3n) is 4.51. The van der Waals surface area contributed by atoms with Crippen molar-refractivity contribution in [3.05, 3.63) is 54.1 Å². The van der Waals surface area contributed by atoms with E-state index in [4.69, 9.17) is 4.74 Å². The van der Waals surface area contributed by atoms with Crippen LogP contribution in [0.4, 0.5) is 5.69 Å². The van der Waals surface area contributed by atoms with Gasteiger partial charge in [-0.1, -0.05) is 25.0 Å². The highest BCUT2D eigenvalue weighted by Gasteiger charge is 2.30. The Hall–Kier alpha value is -2.34. The number of aryl methyl sites for hydroxylation is 1. The lowest BCUT2D eigenvalue weighted by Crippen LogP contribution is -2.29. The lowest BCUT2D eigenvalue weighted by Gasteiger charge is -2.11. The van der Waals surface area contributed by atoms with Gasteiger partial charge in [0, 0.05) is 5.69 Å². The summed E-state index contributed by atoms with van der Waals surface area (Å²) < 4.78 is 30.2. The summed E-state index contributed by atoms with van der Waals surface area (Å²) in [4.78, 5) is 12.1. The Balaban J connectivity index is 1.57. The van der Waals surface area contributed by atoms with Crippen molar-refractivity contribution in [3.8, 4) is 11.5 Å². The molecule has 0 aliphatic heterocycles. The quantitative estimate of drug-likeness (QED) is 0.828. The number of rotatable bonds is 6. The van der Waals surface area contributed by atoms with Gasteiger partial charge in [-0.25, -0.2) is 8.42 Å². The second-order valence-electron chi connectivity index (χ2n) is 6.70. The first-order chi connectivity index (χ1) is 12.4. The fraction of sp³-hybridized carbons (Fsp3) is 0.350. The van der Waals surface area contributed by atoms with Gasteiger partial charge in [0.25, 0.3) is 0 Å². The summed E-state index contributed by atoms with van der Waals surface area (Å²) in [5.41, 5.74) is 1.66. The average molecular weight is 373 g/mol. The molecule has 0 aromatic heterocycles. The number of ether oxygens (including phenoxy) is 1. The molecule has 1 saturated carbocycles. The molecule has 2 aromatic carbocycles. The van der Waals surface area contributed by atoms with E-state index in [0.29, 0.717) is 24.3 Å². The van der Waals surface area contributed by atoms with E-state index >= 15 is 0 Å². The molecule has 138 valence electrons. The summed E-state index contributed by atoms with van der Waals surface area (Å²) in [6.07, 6.45) is 3.18. The van der Waals surface area contributed by atoms with Crippen molar-refractivity contribution in [2.24, 2.45) is 0 Å². The van der Waals surface area contributed by atoms with Crippen LogP contribution in [0.2, 0.25) is 0 Å². The highest BCUT2D eigenvalue weighted by atomic mass is 32.2. The van der Waals surface area contributed by atoms with Crippen LogP contribution in [0.5, 0.6) is 11.5 Å². The fourth-order valence-corrected chi connectivity index (χ4v) is 4.89. The van der Waals surface area contributed by atoms with Gasteiger partial charge in [-0.15, -0.1) is 0 Å². The van der Waals surface area contributed by atoms with Crippen LogP contribution in [-0.4, -0.2) is 25.3 Å². The van der Waals surface area contributed by atoms with E-state index < -0.39 is 21.5 Å². The van der Waals surface area contributed by atoms with E-state index in [1.54, 1.807) is 24.3 Å². The maximum Gasteiger partial charge on any atom is 0.239 e. The number of carbonyl (C=O) groups is 1. The van der Waals surface area contributed by atoms with E-state index in [9.17, 15) is 13.2 Å². The molecule has 1 aliphatic carbocycles. The van der Waals surface area contributed by atoms with Crippen LogP contribution in [-0.2, 0) is 14.6 Å². The molecule has 0 bridgehead atoms. The highest BCUT2D eigenvalue weighted by Crippen LogP contribution is 2.26. The summed E-state index contributed by atoms with van der Waals surface area (Å²) in [7, 11) is -3.37. The van der Waals surface area contributed by atoms with Gasteiger partial charge >= 0.3 is 0 Å². The standard InChI is InChI=1S/C20H23NO4S/c1-15-5-4-6-18(13-15)25-17-11-9-16(10-12-17)21-20(22)14-26(23,24)19-7-2-3-8-19/h4-6,9-13,19H,2-3,7-8,14H2,1H3,(H,21,22). The zero-order valence-corrected chi connectivity index (χ0v) is 15.6. The zero-order valence-electron chi connectivity index (χ0n) is 14.8. The first kappa shape index (κ1) is 18.5. The van der Waals surface area contributed by atoms with Gasteiger partial charge in [0.2, 0.25) is 5.91 Å². The monoisotopic (exact) mass is 373 g/mol. The van der Waals surface area contributed by atoms with Crippen LogP contribution in [0.3, 0.4) is 0 Å². The van der Waals surface area contributed by atoms with Crippen LogP contribution < -0.4 is 10.1 Å². The smallest absolute Gasteiger partial charge is 0.239 e. The molecule has 2 aromatic rings. The zero-order chi connectivity index (χ0) is 18.6. The molecular weight excluding hydrogens is 350 g/mol. The molecule has 3 rings (SSSR count). The average Bonchev–Trinajstić information content (AvgIpc) is 3.12. The Labute approximate surface area is 154 Å². The van der Waals surface area contributed by atoms with Crippen molar-refractivity contribution >= 4 is 21.4 Å². The molecule has 0 unspecified atom stereocenters. The van der Waals surface area contributed by atoms with Crippen molar-refractivity contribution in [1.82, 2.24) is 0 Å². The lowest BCUT2D eigenvalue weighted by atomic mass is 10.2. The number of nitrogens with one attached hydrogen (secondary N) is 1.